The predicted octanol–water partition coefficient (Wildman–Crippen LogP) is 2.34. The van der Waals surface area contributed by atoms with Crippen molar-refractivity contribution in [3.8, 4) is 0 Å². The van der Waals surface area contributed by atoms with Crippen LogP contribution in [-0.2, 0) is 25.6 Å². The van der Waals surface area contributed by atoms with E-state index < -0.39 is 35.9 Å². The lowest BCUT2D eigenvalue weighted by Gasteiger charge is -2.23. The Bertz CT molecular complexity index is 598. The molecule has 1 amide bonds. The van der Waals surface area contributed by atoms with Crippen molar-refractivity contribution in [1.82, 2.24) is 5.32 Å². The predicted molar refractivity (Wildman–Crippen MR) is 103 cm³/mol. The molecule has 28 heavy (non-hydrogen) atoms. The van der Waals surface area contributed by atoms with Gasteiger partial charge < -0.3 is 29.7 Å². The van der Waals surface area contributed by atoms with Crippen LogP contribution in [0.25, 0.3) is 0 Å². The lowest BCUT2D eigenvalue weighted by molar-refractivity contribution is -0.140. The molecule has 0 aromatic heterocycles. The number of hydrogen-bond acceptors (Lipinski definition) is 6. The minimum Gasteiger partial charge on any atom is -0.480 e. The van der Waals surface area contributed by atoms with E-state index in [1.54, 1.807) is 27.7 Å². The van der Waals surface area contributed by atoms with Crippen molar-refractivity contribution in [2.45, 2.75) is 64.6 Å². The number of nitrogens with one attached hydrogen (secondary N) is 1. The molecule has 158 valence electrons. The van der Waals surface area contributed by atoms with Crippen molar-refractivity contribution in [1.29, 1.82) is 0 Å². The van der Waals surface area contributed by atoms with Gasteiger partial charge in [0.25, 0.3) is 0 Å². The van der Waals surface area contributed by atoms with Crippen LogP contribution < -0.4 is 5.32 Å². The summed E-state index contributed by atoms with van der Waals surface area (Å²) in [6.45, 7) is 7.18. The quantitative estimate of drug-likeness (QED) is 0.491. The second-order valence-electron chi connectivity index (χ2n) is 7.48. The number of benzene rings is 1. The number of aliphatic hydroxyl groups excluding tert-OH is 1. The van der Waals surface area contributed by atoms with Crippen molar-refractivity contribution in [3.05, 3.63) is 35.9 Å². The van der Waals surface area contributed by atoms with Gasteiger partial charge in [-0.3, -0.25) is 0 Å². The fourth-order valence-electron chi connectivity index (χ4n) is 2.21. The Morgan fingerprint density at radius 3 is 2.36 bits per heavy atom. The van der Waals surface area contributed by atoms with Crippen molar-refractivity contribution in [3.63, 3.8) is 0 Å². The lowest BCUT2D eigenvalue weighted by Crippen LogP contribution is -2.44. The number of carbonyl (C=O) groups is 2. The summed E-state index contributed by atoms with van der Waals surface area (Å²) in [6.07, 6.45) is -2.05. The highest BCUT2D eigenvalue weighted by molar-refractivity contribution is 5.79. The fourth-order valence-corrected chi connectivity index (χ4v) is 2.21. The number of rotatable bonds is 11. The highest BCUT2D eigenvalue weighted by atomic mass is 16.6. The van der Waals surface area contributed by atoms with Gasteiger partial charge in [0.05, 0.1) is 19.3 Å². The maximum atomic E-state index is 11.7. The zero-order valence-corrected chi connectivity index (χ0v) is 16.9. The maximum absolute atomic E-state index is 11.7. The summed E-state index contributed by atoms with van der Waals surface area (Å²) in [7, 11) is 0. The van der Waals surface area contributed by atoms with E-state index >= 15 is 0 Å². The van der Waals surface area contributed by atoms with E-state index in [1.165, 1.54) is 0 Å². The second-order valence-corrected chi connectivity index (χ2v) is 7.48. The zero-order chi connectivity index (χ0) is 21.2. The van der Waals surface area contributed by atoms with Crippen LogP contribution in [0, 0.1) is 0 Å². The molecule has 0 aliphatic rings. The SMILES string of the molecule is C[C@H](O)[C@@H](COCC[C@H](NC(=O)OC(C)(C)C)C(=O)O)OCc1ccccc1. The van der Waals surface area contributed by atoms with Crippen LogP contribution in [0.1, 0.15) is 39.7 Å². The summed E-state index contributed by atoms with van der Waals surface area (Å²) in [5.41, 5.74) is 0.255. The topological polar surface area (TPSA) is 114 Å². The molecule has 0 aliphatic heterocycles. The highest BCUT2D eigenvalue weighted by Crippen LogP contribution is 2.09. The zero-order valence-electron chi connectivity index (χ0n) is 16.9. The Hall–Kier alpha value is -2.16. The number of alkyl carbamates (subject to hydrolysis) is 1. The van der Waals surface area contributed by atoms with Gasteiger partial charge in [-0.2, -0.15) is 0 Å². The molecule has 0 aliphatic carbocycles. The first-order chi connectivity index (χ1) is 13.1. The van der Waals surface area contributed by atoms with E-state index in [1.807, 2.05) is 30.3 Å². The number of carbonyl (C=O) groups excluding carboxylic acids is 1. The molecule has 8 heteroatoms. The van der Waals surface area contributed by atoms with Gasteiger partial charge in [-0.1, -0.05) is 30.3 Å². The largest absolute Gasteiger partial charge is 0.480 e. The van der Waals surface area contributed by atoms with E-state index in [2.05, 4.69) is 5.32 Å². The van der Waals surface area contributed by atoms with Crippen molar-refractivity contribution in [2.75, 3.05) is 13.2 Å². The first kappa shape index (κ1) is 23.9. The minimum absolute atomic E-state index is 0.0553. The number of aliphatic hydroxyl groups is 1. The van der Waals surface area contributed by atoms with Gasteiger partial charge in [-0.25, -0.2) is 9.59 Å². The smallest absolute Gasteiger partial charge is 0.408 e. The summed E-state index contributed by atoms with van der Waals surface area (Å²) in [5, 5.41) is 21.4. The Balaban J connectivity index is 2.40. The third-order valence-corrected chi connectivity index (χ3v) is 3.67. The molecule has 0 saturated heterocycles. The van der Waals surface area contributed by atoms with Gasteiger partial charge in [-0.05, 0) is 33.3 Å². The molecule has 0 saturated carbocycles. The minimum atomic E-state index is -1.18. The Labute approximate surface area is 165 Å². The third kappa shape index (κ3) is 10.2. The molecule has 3 atom stereocenters. The van der Waals surface area contributed by atoms with Crippen molar-refractivity contribution in [2.24, 2.45) is 0 Å². The van der Waals surface area contributed by atoms with Gasteiger partial charge in [0.15, 0.2) is 0 Å². The molecule has 1 aromatic carbocycles. The van der Waals surface area contributed by atoms with E-state index in [4.69, 9.17) is 14.2 Å². The number of carboxylic acids is 1. The first-order valence-electron chi connectivity index (χ1n) is 9.22. The highest BCUT2D eigenvalue weighted by Gasteiger charge is 2.24. The third-order valence-electron chi connectivity index (χ3n) is 3.67. The Morgan fingerprint density at radius 1 is 1.18 bits per heavy atom. The van der Waals surface area contributed by atoms with E-state index in [0.717, 1.165) is 5.56 Å². The van der Waals surface area contributed by atoms with Crippen LogP contribution in [0.15, 0.2) is 30.3 Å². The summed E-state index contributed by atoms with van der Waals surface area (Å²) in [5.74, 6) is -1.18. The molecule has 0 heterocycles. The first-order valence-corrected chi connectivity index (χ1v) is 9.22. The van der Waals surface area contributed by atoms with Crippen LogP contribution in [-0.4, -0.2) is 59.3 Å². The van der Waals surface area contributed by atoms with Gasteiger partial charge in [-0.15, -0.1) is 0 Å². The Morgan fingerprint density at radius 2 is 1.82 bits per heavy atom. The van der Waals surface area contributed by atoms with Gasteiger partial charge >= 0.3 is 12.1 Å². The molecule has 0 spiro atoms. The van der Waals surface area contributed by atoms with E-state index in [9.17, 15) is 19.8 Å². The summed E-state index contributed by atoms with van der Waals surface area (Å²) in [4.78, 5) is 23.0. The average Bonchev–Trinajstić information content (AvgIpc) is 2.58. The van der Waals surface area contributed by atoms with Gasteiger partial charge in [0, 0.05) is 13.0 Å². The molecule has 0 fully saturated rings. The molecule has 0 bridgehead atoms. The molecular formula is C20H31NO7. The fraction of sp³-hybridized carbons (Fsp3) is 0.600. The molecule has 1 rings (SSSR count). The maximum Gasteiger partial charge on any atom is 0.408 e. The average molecular weight is 397 g/mol. The summed E-state index contributed by atoms with van der Waals surface area (Å²) >= 11 is 0. The van der Waals surface area contributed by atoms with Crippen LogP contribution in [0.4, 0.5) is 4.79 Å². The normalized spacial score (nSPS) is 14.8. The lowest BCUT2D eigenvalue weighted by atomic mass is 10.2. The van der Waals surface area contributed by atoms with Gasteiger partial charge in [0.1, 0.15) is 17.7 Å². The van der Waals surface area contributed by atoms with Crippen LogP contribution in [0.5, 0.6) is 0 Å². The van der Waals surface area contributed by atoms with Crippen LogP contribution in [0.2, 0.25) is 0 Å². The standard InChI is InChI=1S/C20H31NO7/c1-14(22)17(27-12-15-8-6-5-7-9-15)13-26-11-10-16(18(23)24)21-19(25)28-20(2,3)4/h5-9,14,16-17,22H,10-13H2,1-4H3,(H,21,25)(H,23,24)/t14-,16-,17+/m0/s1. The molecule has 1 aromatic rings. The van der Waals surface area contributed by atoms with Gasteiger partial charge in [0.2, 0.25) is 0 Å². The van der Waals surface area contributed by atoms with Crippen molar-refractivity contribution < 1.29 is 34.0 Å². The number of amides is 1. The van der Waals surface area contributed by atoms with Crippen LogP contribution >= 0.6 is 0 Å². The summed E-state index contributed by atoms with van der Waals surface area (Å²) < 4.78 is 16.2. The number of hydrogen-bond donors (Lipinski definition) is 3. The molecule has 0 unspecified atom stereocenters. The molecule has 0 radical (unpaired) electrons. The Kier molecular flexibility index (Phi) is 9.92. The molecular weight excluding hydrogens is 366 g/mol. The van der Waals surface area contributed by atoms with Crippen LogP contribution in [0.3, 0.4) is 0 Å². The number of ether oxygens (including phenoxy) is 3. The van der Waals surface area contributed by atoms with E-state index in [0.29, 0.717) is 6.61 Å². The van der Waals surface area contributed by atoms with E-state index in [-0.39, 0.29) is 19.6 Å². The van der Waals surface area contributed by atoms with Crippen molar-refractivity contribution >= 4 is 12.1 Å². The molecule has 8 nitrogen and oxygen atoms in total. The molecule has 3 N–H and O–H groups in total. The summed E-state index contributed by atoms with van der Waals surface area (Å²) in [6, 6.07) is 8.40. The number of carboxylic acid groups (broad SMARTS) is 1. The second kappa shape index (κ2) is 11.6. The number of aliphatic carboxylic acids is 1. The monoisotopic (exact) mass is 397 g/mol.